The Morgan fingerprint density at radius 1 is 1.15 bits per heavy atom. The van der Waals surface area contributed by atoms with E-state index in [-0.39, 0.29) is 11.4 Å². The molecule has 3 fully saturated rings. The van der Waals surface area contributed by atoms with E-state index in [4.69, 9.17) is 15.6 Å². The molecule has 0 aromatic heterocycles. The van der Waals surface area contributed by atoms with E-state index in [2.05, 4.69) is 0 Å². The zero-order valence-electron chi connectivity index (χ0n) is 8.97. The second-order valence-electron chi connectivity index (χ2n) is 4.26. The van der Waals surface area contributed by atoms with Crippen LogP contribution in [0, 0.1) is 0 Å². The molecular weight excluding hydrogens is 168 g/mol. The van der Waals surface area contributed by atoms with Crippen molar-refractivity contribution in [2.45, 2.75) is 50.1 Å². The molecule has 13 heavy (non-hydrogen) atoms. The van der Waals surface area contributed by atoms with Crippen molar-refractivity contribution in [3.05, 3.63) is 0 Å². The van der Waals surface area contributed by atoms with Gasteiger partial charge in [-0.25, -0.2) is 0 Å². The first-order valence-corrected chi connectivity index (χ1v) is 5.06. The van der Waals surface area contributed by atoms with Crippen molar-refractivity contribution >= 4 is 0 Å². The van der Waals surface area contributed by atoms with Crippen molar-refractivity contribution in [2.75, 3.05) is 13.2 Å². The number of rotatable bonds is 0. The van der Waals surface area contributed by atoms with E-state index in [1.807, 2.05) is 6.92 Å². The number of ether oxygens (including phenoxy) is 3. The van der Waals surface area contributed by atoms with Crippen LogP contribution in [0.5, 0.6) is 0 Å². The predicted molar refractivity (Wildman–Crippen MR) is 46.4 cm³/mol. The molecule has 2 spiro atoms. The van der Waals surface area contributed by atoms with Gasteiger partial charge in [-0.3, -0.25) is 0 Å². The van der Waals surface area contributed by atoms with Gasteiger partial charge in [0.1, 0.15) is 0 Å². The summed E-state index contributed by atoms with van der Waals surface area (Å²) in [6.45, 7) is 3.28. The molecule has 0 radical (unpaired) electrons. The van der Waals surface area contributed by atoms with Crippen LogP contribution in [0.3, 0.4) is 0 Å². The highest BCUT2D eigenvalue weighted by Gasteiger charge is 2.58. The van der Waals surface area contributed by atoms with E-state index in [0.29, 0.717) is 13.2 Å². The van der Waals surface area contributed by atoms with E-state index in [0.717, 1.165) is 25.7 Å². The number of hydrogen-bond donors (Lipinski definition) is 0. The maximum absolute atomic E-state index is 7.85. The van der Waals surface area contributed by atoms with Crippen molar-refractivity contribution in [3.8, 4) is 0 Å². The average Bonchev–Trinajstić information content (AvgIpc) is 2.53. The fourth-order valence-electron chi connectivity index (χ4n) is 2.54. The van der Waals surface area contributed by atoms with Crippen LogP contribution in [-0.4, -0.2) is 30.7 Å². The lowest BCUT2D eigenvalue weighted by Gasteiger charge is -2.34. The Balaban J connectivity index is 1.68. The molecule has 2 heterocycles. The lowest BCUT2D eigenvalue weighted by atomic mass is 9.83. The van der Waals surface area contributed by atoms with Gasteiger partial charge in [0.15, 0.2) is 5.79 Å². The second-order valence-corrected chi connectivity index (χ2v) is 4.26. The van der Waals surface area contributed by atoms with Gasteiger partial charge in [-0.1, -0.05) is 0 Å². The molecule has 3 aliphatic rings. The van der Waals surface area contributed by atoms with Crippen LogP contribution in [0.1, 0.15) is 34.0 Å². The molecule has 1 atom stereocenters. The second kappa shape index (κ2) is 2.47. The van der Waals surface area contributed by atoms with Gasteiger partial charge in [0.05, 0.1) is 26.3 Å². The van der Waals surface area contributed by atoms with Gasteiger partial charge >= 0.3 is 0 Å². The maximum atomic E-state index is 7.85. The Bertz CT molecular complexity index is 237. The average molecular weight is 185 g/mol. The first-order chi connectivity index (χ1) is 6.58. The molecule has 0 aromatic rings. The Kier molecular flexibility index (Phi) is 1.37. The van der Waals surface area contributed by atoms with Crippen molar-refractivity contribution in [3.63, 3.8) is 0 Å². The summed E-state index contributed by atoms with van der Waals surface area (Å²) in [6, 6.07) is 0. The summed E-state index contributed by atoms with van der Waals surface area (Å²) in [6.07, 6.45) is 2.89. The van der Waals surface area contributed by atoms with Crippen molar-refractivity contribution in [1.82, 2.24) is 0 Å². The van der Waals surface area contributed by atoms with E-state index in [9.17, 15) is 0 Å². The fraction of sp³-hybridized carbons (Fsp3) is 1.00. The van der Waals surface area contributed by atoms with Crippen molar-refractivity contribution in [2.24, 2.45) is 0 Å². The lowest BCUT2D eigenvalue weighted by Crippen LogP contribution is -2.38. The van der Waals surface area contributed by atoms with E-state index in [1.54, 1.807) is 0 Å². The van der Waals surface area contributed by atoms with Gasteiger partial charge in [-0.05, 0) is 19.8 Å². The smallest absolute Gasteiger partial charge is 0.168 e. The minimum absolute atomic E-state index is 0.187. The predicted octanol–water partition coefficient (Wildman–Crippen LogP) is 1.46. The summed E-state index contributed by atoms with van der Waals surface area (Å²) >= 11 is 0. The SMILES string of the molecule is [2H]C1(C)OC12CCC1(CC2)OCCO1. The third kappa shape index (κ3) is 1.14. The fourth-order valence-corrected chi connectivity index (χ4v) is 2.54. The zero-order valence-corrected chi connectivity index (χ0v) is 7.97. The summed E-state index contributed by atoms with van der Waals surface area (Å²) < 4.78 is 24.6. The molecule has 0 bridgehead atoms. The quantitative estimate of drug-likeness (QED) is 0.535. The van der Waals surface area contributed by atoms with Crippen molar-refractivity contribution < 1.29 is 15.6 Å². The van der Waals surface area contributed by atoms with Gasteiger partial charge in [-0.2, -0.15) is 0 Å². The van der Waals surface area contributed by atoms with Crippen LogP contribution in [0.2, 0.25) is 0 Å². The van der Waals surface area contributed by atoms with Crippen LogP contribution < -0.4 is 0 Å². The topological polar surface area (TPSA) is 31.0 Å². The summed E-state index contributed by atoms with van der Waals surface area (Å²) in [7, 11) is 0. The summed E-state index contributed by atoms with van der Waals surface area (Å²) in [5.74, 6) is -0.326. The molecule has 3 nitrogen and oxygen atoms in total. The molecule has 0 amide bonds. The normalized spacial score (nSPS) is 46.7. The molecule has 2 saturated heterocycles. The van der Waals surface area contributed by atoms with Crippen LogP contribution in [0.15, 0.2) is 0 Å². The molecular formula is C10H16O3. The third-order valence-corrected chi connectivity index (χ3v) is 3.58. The molecule has 74 valence electrons. The zero-order chi connectivity index (χ0) is 9.86. The Morgan fingerprint density at radius 3 is 2.15 bits per heavy atom. The first kappa shape index (κ1) is 7.21. The molecule has 3 heteroatoms. The van der Waals surface area contributed by atoms with Gasteiger partial charge in [-0.15, -0.1) is 0 Å². The van der Waals surface area contributed by atoms with Crippen molar-refractivity contribution in [1.29, 1.82) is 0 Å². The number of hydrogen-bond acceptors (Lipinski definition) is 3. The van der Waals surface area contributed by atoms with E-state index >= 15 is 0 Å². The minimum Gasteiger partial charge on any atom is -0.366 e. The molecule has 3 rings (SSSR count). The third-order valence-electron chi connectivity index (χ3n) is 3.58. The molecule has 1 saturated carbocycles. The standard InChI is InChI=1S/C10H16O3/c1-8-9(13-8)2-4-10(5-3-9)11-6-7-12-10/h8H,2-7H2,1H3/i8D. The van der Waals surface area contributed by atoms with Gasteiger partial charge < -0.3 is 14.2 Å². The first-order valence-electron chi connectivity index (χ1n) is 5.56. The Morgan fingerprint density at radius 2 is 1.69 bits per heavy atom. The highest BCUT2D eigenvalue weighted by molar-refractivity contribution is 5.05. The summed E-state index contributed by atoms with van der Waals surface area (Å²) in [5, 5.41) is 0. The number of epoxide rings is 1. The largest absolute Gasteiger partial charge is 0.366 e. The van der Waals surface area contributed by atoms with Crippen LogP contribution in [-0.2, 0) is 14.2 Å². The van der Waals surface area contributed by atoms with E-state index < -0.39 is 6.08 Å². The molecule has 0 N–H and O–H groups in total. The lowest BCUT2D eigenvalue weighted by molar-refractivity contribution is -0.184. The van der Waals surface area contributed by atoms with Gasteiger partial charge in [0.25, 0.3) is 0 Å². The summed E-state index contributed by atoms with van der Waals surface area (Å²) in [5.41, 5.74) is -0.187. The van der Waals surface area contributed by atoms with Crippen LogP contribution in [0.25, 0.3) is 0 Å². The highest BCUT2D eigenvalue weighted by atomic mass is 16.7. The maximum Gasteiger partial charge on any atom is 0.168 e. The van der Waals surface area contributed by atoms with Crippen LogP contribution in [0.4, 0.5) is 0 Å². The van der Waals surface area contributed by atoms with Crippen LogP contribution >= 0.6 is 0 Å². The Labute approximate surface area is 79.8 Å². The van der Waals surface area contributed by atoms with Gasteiger partial charge in [0.2, 0.25) is 0 Å². The highest BCUT2D eigenvalue weighted by Crippen LogP contribution is 2.52. The summed E-state index contributed by atoms with van der Waals surface area (Å²) in [4.78, 5) is 0. The molecule has 1 aliphatic carbocycles. The molecule has 0 aromatic carbocycles. The minimum atomic E-state index is -0.660. The monoisotopic (exact) mass is 185 g/mol. The van der Waals surface area contributed by atoms with Gasteiger partial charge in [0, 0.05) is 12.8 Å². The molecule has 2 aliphatic heterocycles. The van der Waals surface area contributed by atoms with E-state index in [1.165, 1.54) is 0 Å². The molecule has 1 unspecified atom stereocenters. The Hall–Kier alpha value is -0.120.